The van der Waals surface area contributed by atoms with Gasteiger partial charge in [0, 0.05) is 51.5 Å². The van der Waals surface area contributed by atoms with Gasteiger partial charge in [0.05, 0.1) is 13.2 Å². The van der Waals surface area contributed by atoms with E-state index in [1.807, 2.05) is 24.0 Å². The van der Waals surface area contributed by atoms with Gasteiger partial charge in [-0.05, 0) is 25.8 Å². The number of carbonyl (C=O) groups is 1. The van der Waals surface area contributed by atoms with E-state index in [1.54, 1.807) is 13.3 Å². The van der Waals surface area contributed by atoms with Gasteiger partial charge in [0.1, 0.15) is 6.61 Å². The predicted octanol–water partition coefficient (Wildman–Crippen LogP) is 1.79. The van der Waals surface area contributed by atoms with Crippen molar-refractivity contribution in [3.05, 3.63) is 23.9 Å². The fourth-order valence-electron chi connectivity index (χ4n) is 2.82. The normalized spacial score (nSPS) is 14.0. The summed E-state index contributed by atoms with van der Waals surface area (Å²) in [5.41, 5.74) is 0.925. The van der Waals surface area contributed by atoms with E-state index in [2.05, 4.69) is 20.6 Å². The molecule has 1 saturated heterocycles. The van der Waals surface area contributed by atoms with Crippen LogP contribution in [0.5, 0.6) is 5.88 Å². The van der Waals surface area contributed by atoms with Crippen LogP contribution in [0.15, 0.2) is 23.3 Å². The van der Waals surface area contributed by atoms with E-state index >= 15 is 0 Å². The molecular formula is C19H32IN5O3. The van der Waals surface area contributed by atoms with Crippen LogP contribution in [0.4, 0.5) is 0 Å². The summed E-state index contributed by atoms with van der Waals surface area (Å²) in [5.74, 6) is 1.60. The number of hydrogen-bond acceptors (Lipinski definition) is 5. The second kappa shape index (κ2) is 14.4. The number of nitrogens with zero attached hydrogens (tertiary/aromatic N) is 3. The highest BCUT2D eigenvalue weighted by Gasteiger charge is 2.18. The summed E-state index contributed by atoms with van der Waals surface area (Å²) >= 11 is 0. The van der Waals surface area contributed by atoms with Gasteiger partial charge in [-0.15, -0.1) is 24.0 Å². The fourth-order valence-corrected chi connectivity index (χ4v) is 2.82. The minimum absolute atomic E-state index is 0. The van der Waals surface area contributed by atoms with Gasteiger partial charge >= 0.3 is 0 Å². The number of aliphatic imine (C=N–C) groups is 1. The molecule has 9 heteroatoms. The Hall–Kier alpha value is -1.62. The first-order valence-corrected chi connectivity index (χ1v) is 9.60. The van der Waals surface area contributed by atoms with Crippen molar-refractivity contribution in [2.45, 2.75) is 32.7 Å². The average molecular weight is 505 g/mol. The quantitative estimate of drug-likeness (QED) is 0.207. The minimum Gasteiger partial charge on any atom is -0.475 e. The summed E-state index contributed by atoms with van der Waals surface area (Å²) < 4.78 is 10.7. The fraction of sp³-hybridized carbons (Fsp3) is 0.632. The topological polar surface area (TPSA) is 88.1 Å². The molecule has 2 rings (SSSR count). The maximum absolute atomic E-state index is 11.6. The van der Waals surface area contributed by atoms with E-state index in [-0.39, 0.29) is 29.9 Å². The third-order valence-corrected chi connectivity index (χ3v) is 4.20. The number of pyridine rings is 1. The molecule has 28 heavy (non-hydrogen) atoms. The third-order valence-electron chi connectivity index (χ3n) is 4.20. The first-order chi connectivity index (χ1) is 13.2. The Labute approximate surface area is 184 Å². The van der Waals surface area contributed by atoms with Crippen LogP contribution in [0.2, 0.25) is 0 Å². The molecule has 158 valence electrons. The summed E-state index contributed by atoms with van der Waals surface area (Å²) in [4.78, 5) is 22.5. The molecule has 0 bridgehead atoms. The SMILES string of the molecule is CCNC(=NCc1cccnc1OCCOC)NCCCN1CCCC1=O.I. The number of halogens is 1. The van der Waals surface area contributed by atoms with Crippen LogP contribution >= 0.6 is 24.0 Å². The van der Waals surface area contributed by atoms with E-state index in [1.165, 1.54) is 0 Å². The zero-order valence-corrected chi connectivity index (χ0v) is 19.1. The molecule has 0 radical (unpaired) electrons. The average Bonchev–Trinajstić information content (AvgIpc) is 3.09. The summed E-state index contributed by atoms with van der Waals surface area (Å²) in [6, 6.07) is 3.84. The number of aromatic nitrogens is 1. The molecule has 1 aliphatic rings. The van der Waals surface area contributed by atoms with Crippen LogP contribution in [0, 0.1) is 0 Å². The lowest BCUT2D eigenvalue weighted by Gasteiger charge is -2.16. The molecule has 0 atom stereocenters. The Kier molecular flexibility index (Phi) is 12.5. The first kappa shape index (κ1) is 24.4. The maximum Gasteiger partial charge on any atom is 0.222 e. The molecule has 2 heterocycles. The van der Waals surface area contributed by atoms with Crippen LogP contribution in [0.3, 0.4) is 0 Å². The van der Waals surface area contributed by atoms with Crippen molar-refractivity contribution < 1.29 is 14.3 Å². The molecule has 8 nitrogen and oxygen atoms in total. The van der Waals surface area contributed by atoms with Crippen molar-refractivity contribution in [3.63, 3.8) is 0 Å². The van der Waals surface area contributed by atoms with Gasteiger partial charge in [-0.1, -0.05) is 6.07 Å². The molecule has 1 fully saturated rings. The number of carbonyl (C=O) groups excluding carboxylic acids is 1. The Balaban J connectivity index is 0.00000392. The van der Waals surface area contributed by atoms with E-state index in [9.17, 15) is 4.79 Å². The first-order valence-electron chi connectivity index (χ1n) is 9.60. The van der Waals surface area contributed by atoms with Crippen molar-refractivity contribution in [3.8, 4) is 5.88 Å². The maximum atomic E-state index is 11.6. The molecule has 0 aliphatic carbocycles. The lowest BCUT2D eigenvalue weighted by molar-refractivity contribution is -0.127. The number of rotatable bonds is 11. The Morgan fingerprint density at radius 2 is 2.21 bits per heavy atom. The van der Waals surface area contributed by atoms with Gasteiger partial charge in [0.15, 0.2) is 5.96 Å². The van der Waals surface area contributed by atoms with Gasteiger partial charge in [0.25, 0.3) is 0 Å². The Morgan fingerprint density at radius 3 is 2.93 bits per heavy atom. The number of nitrogens with one attached hydrogen (secondary N) is 2. The highest BCUT2D eigenvalue weighted by atomic mass is 127. The highest BCUT2D eigenvalue weighted by Crippen LogP contribution is 2.15. The number of methoxy groups -OCH3 is 1. The highest BCUT2D eigenvalue weighted by molar-refractivity contribution is 14.0. The number of guanidine groups is 1. The lowest BCUT2D eigenvalue weighted by atomic mass is 10.3. The van der Waals surface area contributed by atoms with Crippen molar-refractivity contribution in [2.24, 2.45) is 4.99 Å². The van der Waals surface area contributed by atoms with Gasteiger partial charge in [-0.2, -0.15) is 0 Å². The van der Waals surface area contributed by atoms with Gasteiger partial charge in [-0.3, -0.25) is 4.79 Å². The molecule has 0 unspecified atom stereocenters. The van der Waals surface area contributed by atoms with Crippen LogP contribution < -0.4 is 15.4 Å². The molecule has 1 aromatic heterocycles. The van der Waals surface area contributed by atoms with E-state index in [0.29, 0.717) is 32.1 Å². The van der Waals surface area contributed by atoms with Crippen molar-refractivity contribution in [1.82, 2.24) is 20.5 Å². The van der Waals surface area contributed by atoms with Crippen LogP contribution in [0.25, 0.3) is 0 Å². The zero-order chi connectivity index (χ0) is 19.3. The molecular weight excluding hydrogens is 473 g/mol. The molecule has 1 amide bonds. The molecule has 1 aromatic rings. The van der Waals surface area contributed by atoms with Crippen LogP contribution in [0.1, 0.15) is 31.7 Å². The smallest absolute Gasteiger partial charge is 0.222 e. The van der Waals surface area contributed by atoms with Crippen LogP contribution in [-0.4, -0.2) is 68.3 Å². The van der Waals surface area contributed by atoms with E-state index in [0.717, 1.165) is 50.5 Å². The number of ether oxygens (including phenoxy) is 2. The summed E-state index contributed by atoms with van der Waals surface area (Å²) in [6.45, 7) is 6.70. The summed E-state index contributed by atoms with van der Waals surface area (Å²) in [6.07, 6.45) is 4.28. The van der Waals surface area contributed by atoms with Gasteiger partial charge < -0.3 is 25.0 Å². The van der Waals surface area contributed by atoms with E-state index in [4.69, 9.17) is 9.47 Å². The summed E-state index contributed by atoms with van der Waals surface area (Å²) in [5, 5.41) is 6.56. The number of amides is 1. The predicted molar refractivity (Wildman–Crippen MR) is 120 cm³/mol. The number of likely N-dealkylation sites (tertiary alicyclic amines) is 1. The zero-order valence-electron chi connectivity index (χ0n) is 16.8. The summed E-state index contributed by atoms with van der Waals surface area (Å²) in [7, 11) is 1.64. The lowest BCUT2D eigenvalue weighted by Crippen LogP contribution is -2.39. The largest absolute Gasteiger partial charge is 0.475 e. The Bertz CT molecular complexity index is 615. The molecule has 0 spiro atoms. The van der Waals surface area contributed by atoms with Gasteiger partial charge in [-0.25, -0.2) is 9.98 Å². The second-order valence-corrected chi connectivity index (χ2v) is 6.27. The molecule has 2 N–H and O–H groups in total. The molecule has 1 aliphatic heterocycles. The van der Waals surface area contributed by atoms with Crippen LogP contribution in [-0.2, 0) is 16.1 Å². The molecule has 0 saturated carbocycles. The van der Waals surface area contributed by atoms with Gasteiger partial charge in [0.2, 0.25) is 11.8 Å². The van der Waals surface area contributed by atoms with E-state index < -0.39 is 0 Å². The van der Waals surface area contributed by atoms with Crippen molar-refractivity contribution in [2.75, 3.05) is 46.5 Å². The van der Waals surface area contributed by atoms with Crippen molar-refractivity contribution >= 4 is 35.8 Å². The molecule has 0 aromatic carbocycles. The number of hydrogen-bond donors (Lipinski definition) is 2. The minimum atomic E-state index is 0. The standard InChI is InChI=1S/C19H31N5O3.HI/c1-3-20-19(22-10-6-12-24-11-5-8-17(24)25)23-15-16-7-4-9-21-18(16)27-14-13-26-2;/h4,7,9H,3,5-6,8,10-15H2,1-2H3,(H2,20,22,23);1H. The second-order valence-electron chi connectivity index (χ2n) is 6.27. The van der Waals surface area contributed by atoms with Crippen molar-refractivity contribution in [1.29, 1.82) is 0 Å². The Morgan fingerprint density at radius 1 is 1.36 bits per heavy atom. The third kappa shape index (κ3) is 8.59. The monoisotopic (exact) mass is 505 g/mol.